The van der Waals surface area contributed by atoms with E-state index in [1.807, 2.05) is 0 Å². The largest absolute Gasteiger partial charge is 0.384 e. The van der Waals surface area contributed by atoms with E-state index in [1.54, 1.807) is 7.11 Å². The zero-order chi connectivity index (χ0) is 13.8. The first-order chi connectivity index (χ1) is 8.69. The van der Waals surface area contributed by atoms with Crippen molar-refractivity contribution in [3.63, 3.8) is 0 Å². The topological polar surface area (TPSA) is 12.5 Å². The maximum Gasteiger partial charge on any atom is 0.0516 e. The summed E-state index contributed by atoms with van der Waals surface area (Å²) in [4.78, 5) is 2.56. The van der Waals surface area contributed by atoms with Gasteiger partial charge in [0.05, 0.1) is 6.61 Å². The standard InChI is InChI=1S/C16H33NO/c1-6-9-16(11-14-18-5)17(12-7-2)13-10-15(4)8-3/h9,15H,6-8,10-14H2,1-5H3/b16-9+. The lowest BCUT2D eigenvalue weighted by molar-refractivity contribution is 0.188. The molecule has 0 N–H and O–H groups in total. The van der Waals surface area contributed by atoms with Crippen molar-refractivity contribution in [1.82, 2.24) is 4.90 Å². The smallest absolute Gasteiger partial charge is 0.0516 e. The summed E-state index contributed by atoms with van der Waals surface area (Å²) in [7, 11) is 1.78. The Labute approximate surface area is 114 Å². The van der Waals surface area contributed by atoms with Crippen molar-refractivity contribution in [2.75, 3.05) is 26.8 Å². The number of methoxy groups -OCH3 is 1. The lowest BCUT2D eigenvalue weighted by atomic mass is 10.0. The number of allylic oxidation sites excluding steroid dienone is 1. The van der Waals surface area contributed by atoms with Crippen LogP contribution in [0.4, 0.5) is 0 Å². The van der Waals surface area contributed by atoms with Gasteiger partial charge in [-0.3, -0.25) is 0 Å². The Hall–Kier alpha value is -0.500. The molecular weight excluding hydrogens is 222 g/mol. The fraction of sp³-hybridized carbons (Fsp3) is 0.875. The van der Waals surface area contributed by atoms with E-state index in [2.05, 4.69) is 38.7 Å². The normalized spacial score (nSPS) is 13.7. The minimum atomic E-state index is 0.828. The first-order valence-electron chi connectivity index (χ1n) is 7.62. The van der Waals surface area contributed by atoms with Crippen LogP contribution in [0, 0.1) is 5.92 Å². The highest BCUT2D eigenvalue weighted by Gasteiger charge is 2.10. The molecular formula is C16H33NO. The van der Waals surface area contributed by atoms with Crippen LogP contribution in [0.3, 0.4) is 0 Å². The van der Waals surface area contributed by atoms with E-state index in [1.165, 1.54) is 38.0 Å². The fourth-order valence-electron chi connectivity index (χ4n) is 2.08. The lowest BCUT2D eigenvalue weighted by Crippen LogP contribution is -2.27. The molecule has 0 amide bonds. The number of hydrogen-bond donors (Lipinski definition) is 0. The molecule has 0 aromatic rings. The summed E-state index contributed by atoms with van der Waals surface area (Å²) in [6.45, 7) is 12.3. The Morgan fingerprint density at radius 2 is 1.94 bits per heavy atom. The Balaban J connectivity index is 4.43. The summed E-state index contributed by atoms with van der Waals surface area (Å²) >= 11 is 0. The molecule has 0 saturated carbocycles. The van der Waals surface area contributed by atoms with Crippen molar-refractivity contribution in [2.45, 2.75) is 59.8 Å². The third-order valence-corrected chi connectivity index (χ3v) is 3.49. The van der Waals surface area contributed by atoms with Gasteiger partial charge in [-0.15, -0.1) is 0 Å². The molecule has 0 aromatic carbocycles. The molecule has 1 unspecified atom stereocenters. The number of ether oxygens (including phenoxy) is 1. The molecule has 1 atom stereocenters. The van der Waals surface area contributed by atoms with E-state index in [-0.39, 0.29) is 0 Å². The van der Waals surface area contributed by atoms with Crippen molar-refractivity contribution in [3.8, 4) is 0 Å². The van der Waals surface area contributed by atoms with E-state index in [9.17, 15) is 0 Å². The van der Waals surface area contributed by atoms with Crippen LogP contribution in [0.1, 0.15) is 59.8 Å². The molecule has 0 rings (SSSR count). The second-order valence-corrected chi connectivity index (χ2v) is 5.14. The second kappa shape index (κ2) is 11.6. The highest BCUT2D eigenvalue weighted by atomic mass is 16.5. The molecule has 0 aliphatic rings. The molecule has 0 radical (unpaired) electrons. The molecule has 0 fully saturated rings. The summed E-state index contributed by atoms with van der Waals surface area (Å²) in [6, 6.07) is 0. The second-order valence-electron chi connectivity index (χ2n) is 5.14. The monoisotopic (exact) mass is 255 g/mol. The van der Waals surface area contributed by atoms with Crippen LogP contribution < -0.4 is 0 Å². The Kier molecular flexibility index (Phi) is 11.3. The van der Waals surface area contributed by atoms with Crippen LogP contribution in [-0.2, 0) is 4.74 Å². The number of rotatable bonds is 11. The Morgan fingerprint density at radius 1 is 1.22 bits per heavy atom. The van der Waals surface area contributed by atoms with E-state index < -0.39 is 0 Å². The van der Waals surface area contributed by atoms with Gasteiger partial charge < -0.3 is 9.64 Å². The number of nitrogens with zero attached hydrogens (tertiary/aromatic N) is 1. The first-order valence-corrected chi connectivity index (χ1v) is 7.62. The minimum absolute atomic E-state index is 0.828. The zero-order valence-electron chi connectivity index (χ0n) is 13.2. The van der Waals surface area contributed by atoms with Crippen LogP contribution >= 0.6 is 0 Å². The van der Waals surface area contributed by atoms with Gasteiger partial charge in [0.2, 0.25) is 0 Å². The first kappa shape index (κ1) is 17.5. The van der Waals surface area contributed by atoms with Crippen molar-refractivity contribution >= 4 is 0 Å². The van der Waals surface area contributed by atoms with Crippen LogP contribution in [-0.4, -0.2) is 31.7 Å². The third-order valence-electron chi connectivity index (χ3n) is 3.49. The van der Waals surface area contributed by atoms with E-state index in [4.69, 9.17) is 4.74 Å². The molecule has 0 aromatic heterocycles. The van der Waals surface area contributed by atoms with Gasteiger partial charge in [-0.1, -0.05) is 40.2 Å². The SMILES string of the molecule is CC/C=C(\CCOC)N(CCC)CCC(C)CC. The summed E-state index contributed by atoms with van der Waals surface area (Å²) < 4.78 is 5.23. The molecule has 0 aliphatic carbocycles. The minimum Gasteiger partial charge on any atom is -0.384 e. The van der Waals surface area contributed by atoms with Gasteiger partial charge in [0.15, 0.2) is 0 Å². The van der Waals surface area contributed by atoms with Gasteiger partial charge in [0.1, 0.15) is 0 Å². The van der Waals surface area contributed by atoms with Crippen LogP contribution in [0.5, 0.6) is 0 Å². The Morgan fingerprint density at radius 3 is 2.44 bits per heavy atom. The number of hydrogen-bond acceptors (Lipinski definition) is 2. The molecule has 0 saturated heterocycles. The van der Waals surface area contributed by atoms with Crippen molar-refractivity contribution in [3.05, 3.63) is 11.8 Å². The third kappa shape index (κ3) is 7.75. The average Bonchev–Trinajstić information content (AvgIpc) is 2.39. The van der Waals surface area contributed by atoms with Gasteiger partial charge in [-0.2, -0.15) is 0 Å². The summed E-state index contributed by atoms with van der Waals surface area (Å²) in [6.07, 6.45) is 8.32. The van der Waals surface area contributed by atoms with Gasteiger partial charge in [-0.25, -0.2) is 0 Å². The summed E-state index contributed by atoms with van der Waals surface area (Å²) in [5, 5.41) is 0. The van der Waals surface area contributed by atoms with E-state index >= 15 is 0 Å². The van der Waals surface area contributed by atoms with Crippen molar-refractivity contribution in [1.29, 1.82) is 0 Å². The van der Waals surface area contributed by atoms with Gasteiger partial charge in [0, 0.05) is 32.3 Å². The lowest BCUT2D eigenvalue weighted by Gasteiger charge is -2.28. The van der Waals surface area contributed by atoms with Crippen molar-refractivity contribution < 1.29 is 4.74 Å². The molecule has 18 heavy (non-hydrogen) atoms. The van der Waals surface area contributed by atoms with Crippen LogP contribution in [0.15, 0.2) is 11.8 Å². The van der Waals surface area contributed by atoms with Crippen LogP contribution in [0.25, 0.3) is 0 Å². The van der Waals surface area contributed by atoms with Gasteiger partial charge in [0.25, 0.3) is 0 Å². The summed E-state index contributed by atoms with van der Waals surface area (Å²) in [5.74, 6) is 0.828. The molecule has 0 bridgehead atoms. The Bertz CT molecular complexity index is 213. The van der Waals surface area contributed by atoms with Crippen molar-refractivity contribution in [2.24, 2.45) is 5.92 Å². The van der Waals surface area contributed by atoms with E-state index in [0.717, 1.165) is 25.4 Å². The highest BCUT2D eigenvalue weighted by molar-refractivity contribution is 5.01. The maximum atomic E-state index is 5.23. The molecule has 2 heteroatoms. The van der Waals surface area contributed by atoms with Gasteiger partial charge >= 0.3 is 0 Å². The van der Waals surface area contributed by atoms with Gasteiger partial charge in [-0.05, 0) is 25.2 Å². The van der Waals surface area contributed by atoms with E-state index in [0.29, 0.717) is 0 Å². The molecule has 0 aliphatic heterocycles. The quantitative estimate of drug-likeness (QED) is 0.540. The molecule has 0 spiro atoms. The average molecular weight is 255 g/mol. The summed E-state index contributed by atoms with van der Waals surface area (Å²) in [5.41, 5.74) is 1.48. The molecule has 2 nitrogen and oxygen atoms in total. The molecule has 0 heterocycles. The predicted molar refractivity (Wildman–Crippen MR) is 80.8 cm³/mol. The zero-order valence-corrected chi connectivity index (χ0v) is 13.2. The highest BCUT2D eigenvalue weighted by Crippen LogP contribution is 2.15. The fourth-order valence-corrected chi connectivity index (χ4v) is 2.08. The van der Waals surface area contributed by atoms with Crippen LogP contribution in [0.2, 0.25) is 0 Å². The molecule has 108 valence electrons. The maximum absolute atomic E-state index is 5.23. The predicted octanol–water partition coefficient (Wildman–Crippen LogP) is 4.47.